The van der Waals surface area contributed by atoms with E-state index in [2.05, 4.69) is 9.97 Å². The Kier molecular flexibility index (Phi) is 4.81. The molecule has 0 aliphatic heterocycles. The Labute approximate surface area is 122 Å². The zero-order valence-corrected chi connectivity index (χ0v) is 12.4. The molecule has 0 unspecified atom stereocenters. The molecule has 2 aromatic rings. The molecule has 1 amide bonds. The van der Waals surface area contributed by atoms with Crippen molar-refractivity contribution in [2.75, 3.05) is 0 Å². The number of amides is 1. The Hall–Kier alpha value is -1.79. The molecule has 0 spiro atoms. The van der Waals surface area contributed by atoms with Crippen LogP contribution in [0.3, 0.4) is 0 Å². The molecule has 5 nitrogen and oxygen atoms in total. The zero-order chi connectivity index (χ0) is 14.5. The molecule has 2 N–H and O–H groups in total. The molecule has 20 heavy (non-hydrogen) atoms. The van der Waals surface area contributed by atoms with Gasteiger partial charge < -0.3 is 10.6 Å². The van der Waals surface area contributed by atoms with Gasteiger partial charge in [-0.3, -0.25) is 9.78 Å². The van der Waals surface area contributed by atoms with Gasteiger partial charge in [-0.25, -0.2) is 4.98 Å². The van der Waals surface area contributed by atoms with Crippen molar-refractivity contribution in [3.05, 3.63) is 46.2 Å². The summed E-state index contributed by atoms with van der Waals surface area (Å²) in [6.07, 6.45) is 3.49. The quantitative estimate of drug-likeness (QED) is 0.914. The summed E-state index contributed by atoms with van der Waals surface area (Å²) >= 11 is 1.42. The average molecular weight is 290 g/mol. The normalized spacial score (nSPS) is 10.8. The Morgan fingerprint density at radius 1 is 1.50 bits per heavy atom. The molecule has 2 rings (SSSR count). The molecule has 106 valence electrons. The minimum atomic E-state index is -0.0696. The third kappa shape index (κ3) is 3.40. The first-order valence-corrected chi connectivity index (χ1v) is 7.34. The second-order valence-corrected chi connectivity index (χ2v) is 5.66. The van der Waals surface area contributed by atoms with Gasteiger partial charge in [-0.15, -0.1) is 11.3 Å². The van der Waals surface area contributed by atoms with Gasteiger partial charge in [0.2, 0.25) is 0 Å². The van der Waals surface area contributed by atoms with E-state index in [9.17, 15) is 4.79 Å². The number of carbonyl (C=O) groups excluding carboxylic acids is 1. The Balaban J connectivity index is 2.18. The van der Waals surface area contributed by atoms with E-state index in [1.54, 1.807) is 22.7 Å². The van der Waals surface area contributed by atoms with E-state index in [0.717, 1.165) is 10.6 Å². The van der Waals surface area contributed by atoms with Gasteiger partial charge >= 0.3 is 0 Å². The summed E-state index contributed by atoms with van der Waals surface area (Å²) in [7, 11) is 0. The van der Waals surface area contributed by atoms with Gasteiger partial charge in [0, 0.05) is 36.9 Å². The fourth-order valence-electron chi connectivity index (χ4n) is 1.83. The summed E-state index contributed by atoms with van der Waals surface area (Å²) in [5.41, 5.74) is 7.01. The summed E-state index contributed by atoms with van der Waals surface area (Å²) in [6.45, 7) is 4.87. The minimum Gasteiger partial charge on any atom is -0.330 e. The average Bonchev–Trinajstić information content (AvgIpc) is 2.94. The van der Waals surface area contributed by atoms with Crippen molar-refractivity contribution in [3.8, 4) is 0 Å². The lowest BCUT2D eigenvalue weighted by Crippen LogP contribution is -2.36. The maximum absolute atomic E-state index is 12.5. The standard InChI is InChI=1S/C14H18N4OS/c1-10(2)18(8-11-4-3-5-16-7-11)14(19)12-9-20-13(6-15)17-12/h3-5,7,9-10H,6,8,15H2,1-2H3. The van der Waals surface area contributed by atoms with Crippen LogP contribution in [0.15, 0.2) is 29.9 Å². The van der Waals surface area contributed by atoms with Crippen LogP contribution in [-0.4, -0.2) is 26.8 Å². The lowest BCUT2D eigenvalue weighted by molar-refractivity contribution is 0.0684. The van der Waals surface area contributed by atoms with Gasteiger partial charge in [-0.1, -0.05) is 6.07 Å². The van der Waals surface area contributed by atoms with Crippen molar-refractivity contribution in [2.45, 2.75) is 33.0 Å². The summed E-state index contributed by atoms with van der Waals surface area (Å²) in [4.78, 5) is 22.7. The molecular weight excluding hydrogens is 272 g/mol. The maximum atomic E-state index is 12.5. The van der Waals surface area contributed by atoms with Crippen molar-refractivity contribution in [1.29, 1.82) is 0 Å². The number of pyridine rings is 1. The fourth-order valence-corrected chi connectivity index (χ4v) is 2.48. The lowest BCUT2D eigenvalue weighted by Gasteiger charge is -2.26. The van der Waals surface area contributed by atoms with Crippen molar-refractivity contribution in [2.24, 2.45) is 5.73 Å². The van der Waals surface area contributed by atoms with E-state index in [0.29, 0.717) is 18.8 Å². The molecule has 0 aliphatic rings. The van der Waals surface area contributed by atoms with Crippen LogP contribution in [0.2, 0.25) is 0 Å². The first-order valence-electron chi connectivity index (χ1n) is 6.46. The second kappa shape index (κ2) is 6.58. The third-order valence-corrected chi connectivity index (χ3v) is 3.78. The van der Waals surface area contributed by atoms with Crippen LogP contribution >= 0.6 is 11.3 Å². The Morgan fingerprint density at radius 2 is 2.30 bits per heavy atom. The molecule has 0 aromatic carbocycles. The summed E-state index contributed by atoms with van der Waals surface area (Å²) in [5.74, 6) is -0.0696. The van der Waals surface area contributed by atoms with Crippen molar-refractivity contribution in [3.63, 3.8) is 0 Å². The summed E-state index contributed by atoms with van der Waals surface area (Å²) < 4.78 is 0. The fraction of sp³-hybridized carbons (Fsp3) is 0.357. The molecule has 0 fully saturated rings. The third-order valence-electron chi connectivity index (χ3n) is 2.91. The Morgan fingerprint density at radius 3 is 2.85 bits per heavy atom. The van der Waals surface area contributed by atoms with Gasteiger partial charge in [-0.2, -0.15) is 0 Å². The van der Waals surface area contributed by atoms with Gasteiger partial charge in [0.15, 0.2) is 0 Å². The van der Waals surface area contributed by atoms with Crippen LogP contribution in [0.4, 0.5) is 0 Å². The highest BCUT2D eigenvalue weighted by Crippen LogP contribution is 2.15. The van der Waals surface area contributed by atoms with E-state index in [4.69, 9.17) is 5.73 Å². The van der Waals surface area contributed by atoms with Crippen LogP contribution in [0.1, 0.15) is 34.9 Å². The molecular formula is C14H18N4OS. The molecule has 0 bridgehead atoms. The first-order chi connectivity index (χ1) is 9.61. The van der Waals surface area contributed by atoms with Crippen LogP contribution in [0.5, 0.6) is 0 Å². The number of hydrogen-bond donors (Lipinski definition) is 1. The number of carbonyl (C=O) groups is 1. The van der Waals surface area contributed by atoms with Gasteiger partial charge in [0.25, 0.3) is 5.91 Å². The highest BCUT2D eigenvalue weighted by atomic mass is 32.1. The van der Waals surface area contributed by atoms with Crippen LogP contribution in [0.25, 0.3) is 0 Å². The van der Waals surface area contributed by atoms with Gasteiger partial charge in [-0.05, 0) is 25.5 Å². The molecule has 0 radical (unpaired) electrons. The van der Waals surface area contributed by atoms with Crippen LogP contribution < -0.4 is 5.73 Å². The van der Waals surface area contributed by atoms with Crippen molar-refractivity contribution in [1.82, 2.24) is 14.9 Å². The van der Waals surface area contributed by atoms with Crippen molar-refractivity contribution >= 4 is 17.2 Å². The highest BCUT2D eigenvalue weighted by molar-refractivity contribution is 7.09. The predicted molar refractivity (Wildman–Crippen MR) is 79.3 cm³/mol. The minimum absolute atomic E-state index is 0.0696. The SMILES string of the molecule is CC(C)N(Cc1cccnc1)C(=O)c1csc(CN)n1. The maximum Gasteiger partial charge on any atom is 0.273 e. The molecule has 0 saturated heterocycles. The van der Waals surface area contributed by atoms with E-state index >= 15 is 0 Å². The number of rotatable bonds is 5. The number of nitrogens with two attached hydrogens (primary N) is 1. The number of hydrogen-bond acceptors (Lipinski definition) is 5. The van der Waals surface area contributed by atoms with E-state index in [1.165, 1.54) is 11.3 Å². The lowest BCUT2D eigenvalue weighted by atomic mass is 10.2. The van der Waals surface area contributed by atoms with E-state index < -0.39 is 0 Å². The summed E-state index contributed by atoms with van der Waals surface area (Å²) in [6, 6.07) is 3.92. The monoisotopic (exact) mass is 290 g/mol. The van der Waals surface area contributed by atoms with Crippen LogP contribution in [0, 0.1) is 0 Å². The topological polar surface area (TPSA) is 72.1 Å². The molecule has 2 aromatic heterocycles. The van der Waals surface area contributed by atoms with E-state index in [1.807, 2.05) is 26.0 Å². The first kappa shape index (κ1) is 14.6. The number of nitrogens with zero attached hydrogens (tertiary/aromatic N) is 3. The summed E-state index contributed by atoms with van der Waals surface area (Å²) in [5, 5.41) is 2.54. The Bertz CT molecular complexity index is 568. The number of aromatic nitrogens is 2. The zero-order valence-electron chi connectivity index (χ0n) is 11.6. The number of thiazole rings is 1. The van der Waals surface area contributed by atoms with Gasteiger partial charge in [0.1, 0.15) is 10.7 Å². The molecule has 0 atom stereocenters. The van der Waals surface area contributed by atoms with Crippen LogP contribution in [-0.2, 0) is 13.1 Å². The molecule has 0 saturated carbocycles. The molecule has 6 heteroatoms. The predicted octanol–water partition coefficient (Wildman–Crippen LogP) is 2.05. The molecule has 0 aliphatic carbocycles. The highest BCUT2D eigenvalue weighted by Gasteiger charge is 2.21. The van der Waals surface area contributed by atoms with E-state index in [-0.39, 0.29) is 11.9 Å². The molecule has 2 heterocycles. The van der Waals surface area contributed by atoms with Crippen molar-refractivity contribution < 1.29 is 4.79 Å². The second-order valence-electron chi connectivity index (χ2n) is 4.72. The smallest absolute Gasteiger partial charge is 0.273 e. The van der Waals surface area contributed by atoms with Gasteiger partial charge in [0.05, 0.1) is 0 Å². The largest absolute Gasteiger partial charge is 0.330 e.